The molecule has 0 aliphatic carbocycles. The fourth-order valence-corrected chi connectivity index (χ4v) is 4.38. The Morgan fingerprint density at radius 3 is 2.63 bits per heavy atom. The normalized spacial score (nSPS) is 17.0. The molecule has 2 atom stereocenters. The van der Waals surface area contributed by atoms with Gasteiger partial charge in [-0.2, -0.15) is 0 Å². The van der Waals surface area contributed by atoms with E-state index in [9.17, 15) is 4.79 Å². The van der Waals surface area contributed by atoms with Gasteiger partial charge in [0.25, 0.3) is 5.91 Å². The van der Waals surface area contributed by atoms with E-state index in [0.29, 0.717) is 11.6 Å². The van der Waals surface area contributed by atoms with Gasteiger partial charge in [0.05, 0.1) is 0 Å². The molecule has 5 heteroatoms. The van der Waals surface area contributed by atoms with Gasteiger partial charge < -0.3 is 14.8 Å². The SMILES string of the molecule is CCc1ccc([C@H]2CCc3nc(C(=O)N[C@@H](C)CCCN(CC)CC)cn3C2)cc1. The molecular formula is C25H38N4O. The Morgan fingerprint density at radius 2 is 1.97 bits per heavy atom. The lowest BCUT2D eigenvalue weighted by molar-refractivity contribution is 0.0932. The number of rotatable bonds is 10. The fraction of sp³-hybridized carbons (Fsp3) is 0.600. The molecule has 2 aromatic rings. The zero-order valence-electron chi connectivity index (χ0n) is 19.2. The van der Waals surface area contributed by atoms with Crippen LogP contribution in [0.4, 0.5) is 0 Å². The molecular weight excluding hydrogens is 372 g/mol. The molecule has 3 rings (SSSR count). The van der Waals surface area contributed by atoms with Crippen LogP contribution >= 0.6 is 0 Å². The van der Waals surface area contributed by atoms with Crippen molar-refractivity contribution in [3.63, 3.8) is 0 Å². The van der Waals surface area contributed by atoms with Crippen LogP contribution in [0.15, 0.2) is 30.5 Å². The van der Waals surface area contributed by atoms with Crippen LogP contribution in [0.2, 0.25) is 0 Å². The molecule has 0 saturated carbocycles. The number of hydrogen-bond acceptors (Lipinski definition) is 3. The average molecular weight is 411 g/mol. The second-order valence-corrected chi connectivity index (χ2v) is 8.57. The predicted molar refractivity (Wildman–Crippen MR) is 123 cm³/mol. The number of aromatic nitrogens is 2. The number of imidazole rings is 1. The van der Waals surface area contributed by atoms with Gasteiger partial charge in [0.2, 0.25) is 0 Å². The maximum absolute atomic E-state index is 12.7. The summed E-state index contributed by atoms with van der Waals surface area (Å²) in [6.07, 6.45) is 7.12. The summed E-state index contributed by atoms with van der Waals surface area (Å²) in [5, 5.41) is 3.14. The predicted octanol–water partition coefficient (Wildman–Crippen LogP) is 4.42. The largest absolute Gasteiger partial charge is 0.348 e. The lowest BCUT2D eigenvalue weighted by Crippen LogP contribution is -2.34. The highest BCUT2D eigenvalue weighted by atomic mass is 16.2. The van der Waals surface area contributed by atoms with Gasteiger partial charge in [-0.15, -0.1) is 0 Å². The van der Waals surface area contributed by atoms with E-state index in [2.05, 4.69) is 71.7 Å². The number of nitrogens with one attached hydrogen (secondary N) is 1. The topological polar surface area (TPSA) is 50.2 Å². The second-order valence-electron chi connectivity index (χ2n) is 8.57. The molecule has 5 nitrogen and oxygen atoms in total. The molecule has 1 amide bonds. The minimum absolute atomic E-state index is 0.0453. The highest BCUT2D eigenvalue weighted by molar-refractivity contribution is 5.92. The Bertz CT molecular complexity index is 807. The van der Waals surface area contributed by atoms with Crippen molar-refractivity contribution < 1.29 is 4.79 Å². The van der Waals surface area contributed by atoms with Gasteiger partial charge in [-0.05, 0) is 63.4 Å². The maximum atomic E-state index is 12.7. The number of fused-ring (bicyclic) bond motifs is 1. The molecule has 1 aromatic heterocycles. The summed E-state index contributed by atoms with van der Waals surface area (Å²) in [4.78, 5) is 19.8. The maximum Gasteiger partial charge on any atom is 0.271 e. The molecule has 0 spiro atoms. The van der Waals surface area contributed by atoms with Crippen LogP contribution in [0.3, 0.4) is 0 Å². The van der Waals surface area contributed by atoms with Gasteiger partial charge in [-0.25, -0.2) is 4.98 Å². The van der Waals surface area contributed by atoms with Gasteiger partial charge in [0, 0.05) is 31.1 Å². The number of carbonyl (C=O) groups is 1. The number of amides is 1. The molecule has 1 aliphatic rings. The molecule has 1 N–H and O–H groups in total. The number of hydrogen-bond donors (Lipinski definition) is 1. The minimum atomic E-state index is -0.0453. The molecule has 30 heavy (non-hydrogen) atoms. The van der Waals surface area contributed by atoms with Gasteiger partial charge >= 0.3 is 0 Å². The summed E-state index contributed by atoms with van der Waals surface area (Å²) in [6.45, 7) is 12.8. The summed E-state index contributed by atoms with van der Waals surface area (Å²) in [6, 6.07) is 9.16. The molecule has 164 valence electrons. The van der Waals surface area contributed by atoms with E-state index in [-0.39, 0.29) is 11.9 Å². The zero-order chi connectivity index (χ0) is 21.5. The second kappa shape index (κ2) is 10.8. The zero-order valence-corrected chi connectivity index (χ0v) is 19.2. The third kappa shape index (κ3) is 5.72. The number of carbonyl (C=O) groups excluding carboxylic acids is 1. The smallest absolute Gasteiger partial charge is 0.271 e. The van der Waals surface area contributed by atoms with Gasteiger partial charge in [-0.3, -0.25) is 4.79 Å². The molecule has 1 aliphatic heterocycles. The monoisotopic (exact) mass is 410 g/mol. The van der Waals surface area contributed by atoms with Crippen molar-refractivity contribution in [3.05, 3.63) is 53.1 Å². The molecule has 1 aromatic carbocycles. The lowest BCUT2D eigenvalue weighted by atomic mass is 9.91. The van der Waals surface area contributed by atoms with Crippen LogP contribution in [0.1, 0.15) is 80.3 Å². The van der Waals surface area contributed by atoms with E-state index < -0.39 is 0 Å². The van der Waals surface area contributed by atoms with Gasteiger partial charge in [0.15, 0.2) is 0 Å². The third-order valence-electron chi connectivity index (χ3n) is 6.47. The molecule has 0 fully saturated rings. The highest BCUT2D eigenvalue weighted by Crippen LogP contribution is 2.29. The van der Waals surface area contributed by atoms with Crippen molar-refractivity contribution in [1.29, 1.82) is 0 Å². The Labute approximate surface area is 181 Å². The number of nitrogens with zero attached hydrogens (tertiary/aromatic N) is 3. The molecule has 2 heterocycles. The van der Waals surface area contributed by atoms with E-state index in [4.69, 9.17) is 0 Å². The molecule has 0 bridgehead atoms. The number of benzene rings is 1. The Balaban J connectivity index is 1.54. The van der Waals surface area contributed by atoms with Crippen LogP contribution in [-0.4, -0.2) is 46.0 Å². The summed E-state index contributed by atoms with van der Waals surface area (Å²) < 4.78 is 2.18. The lowest BCUT2D eigenvalue weighted by Gasteiger charge is -2.24. The van der Waals surface area contributed by atoms with E-state index in [1.54, 1.807) is 0 Å². The van der Waals surface area contributed by atoms with Crippen molar-refractivity contribution in [2.75, 3.05) is 19.6 Å². The average Bonchev–Trinajstić information content (AvgIpc) is 3.20. The van der Waals surface area contributed by atoms with Gasteiger partial charge in [-0.1, -0.05) is 45.0 Å². The first kappa shape index (κ1) is 22.5. The molecule has 0 saturated heterocycles. The fourth-order valence-electron chi connectivity index (χ4n) is 4.38. The summed E-state index contributed by atoms with van der Waals surface area (Å²) >= 11 is 0. The molecule has 0 radical (unpaired) electrons. The number of aryl methyl sites for hydroxylation is 2. The van der Waals surface area contributed by atoms with E-state index >= 15 is 0 Å². The highest BCUT2D eigenvalue weighted by Gasteiger charge is 2.24. The summed E-state index contributed by atoms with van der Waals surface area (Å²) in [5.74, 6) is 1.49. The summed E-state index contributed by atoms with van der Waals surface area (Å²) in [7, 11) is 0. The molecule has 0 unspecified atom stereocenters. The first-order valence-corrected chi connectivity index (χ1v) is 11.7. The Morgan fingerprint density at radius 1 is 1.23 bits per heavy atom. The van der Waals surface area contributed by atoms with E-state index in [1.165, 1.54) is 11.1 Å². The van der Waals surface area contributed by atoms with Crippen molar-refractivity contribution in [3.8, 4) is 0 Å². The third-order valence-corrected chi connectivity index (χ3v) is 6.47. The van der Waals surface area contributed by atoms with Crippen LogP contribution in [0.5, 0.6) is 0 Å². The van der Waals surface area contributed by atoms with Gasteiger partial charge in [0.1, 0.15) is 11.5 Å². The standard InChI is InChI=1S/C25H38N4O/c1-5-20-10-12-21(13-11-20)22-14-15-24-27-23(18-29(24)17-22)25(30)26-19(4)9-8-16-28(6-2)7-3/h10-13,18-19,22H,5-9,14-17H2,1-4H3,(H,26,30)/t19-,22-/m0/s1. The van der Waals surface area contributed by atoms with Crippen LogP contribution in [-0.2, 0) is 19.4 Å². The van der Waals surface area contributed by atoms with Crippen molar-refractivity contribution in [2.45, 2.75) is 78.3 Å². The van der Waals surface area contributed by atoms with Crippen LogP contribution in [0.25, 0.3) is 0 Å². The Kier molecular flexibility index (Phi) is 8.08. The Hall–Kier alpha value is -2.14. The van der Waals surface area contributed by atoms with Crippen LogP contribution in [0, 0.1) is 0 Å². The van der Waals surface area contributed by atoms with E-state index in [1.807, 2.05) is 6.20 Å². The van der Waals surface area contributed by atoms with Crippen molar-refractivity contribution in [2.24, 2.45) is 0 Å². The minimum Gasteiger partial charge on any atom is -0.348 e. The first-order valence-electron chi connectivity index (χ1n) is 11.7. The first-order chi connectivity index (χ1) is 14.5. The van der Waals surface area contributed by atoms with E-state index in [0.717, 1.165) is 64.1 Å². The van der Waals surface area contributed by atoms with Crippen LogP contribution < -0.4 is 5.32 Å². The quantitative estimate of drug-likeness (QED) is 0.631. The van der Waals surface area contributed by atoms with Crippen molar-refractivity contribution >= 4 is 5.91 Å². The van der Waals surface area contributed by atoms with Crippen molar-refractivity contribution in [1.82, 2.24) is 19.8 Å². The summed E-state index contributed by atoms with van der Waals surface area (Å²) in [5.41, 5.74) is 3.32.